The maximum atomic E-state index is 12.8. The van der Waals surface area contributed by atoms with Crippen molar-refractivity contribution in [3.8, 4) is 11.3 Å². The van der Waals surface area contributed by atoms with Crippen molar-refractivity contribution < 1.29 is 13.9 Å². The normalized spacial score (nSPS) is 11.2. The smallest absolute Gasteiger partial charge is 0.176 e. The van der Waals surface area contributed by atoms with Gasteiger partial charge in [0.15, 0.2) is 6.29 Å². The lowest BCUT2D eigenvalue weighted by atomic mass is 10.2. The number of aromatic nitrogens is 3. The summed E-state index contributed by atoms with van der Waals surface area (Å²) in [6.07, 6.45) is 4.40. The van der Waals surface area contributed by atoms with Crippen molar-refractivity contribution in [2.75, 3.05) is 13.2 Å². The molecule has 0 saturated heterocycles. The summed E-state index contributed by atoms with van der Waals surface area (Å²) < 4.78 is 25.5. The summed E-state index contributed by atoms with van der Waals surface area (Å²) in [5.74, 6) is -0.353. The lowest BCUT2D eigenvalue weighted by molar-refractivity contribution is -0.144. The Morgan fingerprint density at radius 1 is 1.20 bits per heavy atom. The van der Waals surface area contributed by atoms with Gasteiger partial charge in [-0.3, -0.25) is 9.67 Å². The molecule has 5 nitrogen and oxygen atoms in total. The summed E-state index contributed by atoms with van der Waals surface area (Å²) in [7, 11) is 0. The lowest BCUT2D eigenvalue weighted by Crippen LogP contribution is -2.23. The molecule has 2 aromatic heterocycles. The maximum Gasteiger partial charge on any atom is 0.176 e. The van der Waals surface area contributed by atoms with Crippen LogP contribution in [0.2, 0.25) is 0 Å². The zero-order valence-electron chi connectivity index (χ0n) is 11.6. The molecule has 6 heteroatoms. The Morgan fingerprint density at radius 3 is 2.55 bits per heavy atom. The van der Waals surface area contributed by atoms with E-state index >= 15 is 0 Å². The first kappa shape index (κ1) is 14.6. The van der Waals surface area contributed by atoms with Crippen molar-refractivity contribution in [3.63, 3.8) is 0 Å². The van der Waals surface area contributed by atoms with E-state index in [2.05, 4.69) is 10.1 Å². The Labute approximate surface area is 117 Å². The van der Waals surface area contributed by atoms with Crippen LogP contribution in [-0.4, -0.2) is 34.3 Å². The molecule has 0 aliphatic heterocycles. The topological polar surface area (TPSA) is 49.2 Å². The molecule has 0 amide bonds. The molecule has 2 aromatic rings. The molecule has 108 valence electrons. The molecule has 0 N–H and O–H groups in total. The number of rotatable bonds is 7. The van der Waals surface area contributed by atoms with Gasteiger partial charge >= 0.3 is 0 Å². The van der Waals surface area contributed by atoms with E-state index in [9.17, 15) is 4.39 Å². The summed E-state index contributed by atoms with van der Waals surface area (Å²) in [6.45, 7) is 5.51. The monoisotopic (exact) mass is 279 g/mol. The molecular formula is C14H18FN3O2. The summed E-state index contributed by atoms with van der Waals surface area (Å²) in [5, 5.41) is 4.24. The fourth-order valence-corrected chi connectivity index (χ4v) is 1.82. The van der Waals surface area contributed by atoms with Crippen molar-refractivity contribution in [2.45, 2.75) is 26.7 Å². The van der Waals surface area contributed by atoms with Gasteiger partial charge in [0.05, 0.1) is 24.6 Å². The number of hydrogen-bond donors (Lipinski definition) is 0. The van der Waals surface area contributed by atoms with E-state index in [-0.39, 0.29) is 12.1 Å². The predicted molar refractivity (Wildman–Crippen MR) is 72.5 cm³/mol. The van der Waals surface area contributed by atoms with Crippen LogP contribution in [0.5, 0.6) is 0 Å². The fraction of sp³-hybridized carbons (Fsp3) is 0.429. The summed E-state index contributed by atoms with van der Waals surface area (Å²) in [6, 6.07) is 3.00. The van der Waals surface area contributed by atoms with E-state index in [4.69, 9.17) is 9.47 Å². The van der Waals surface area contributed by atoms with Crippen LogP contribution in [0.1, 0.15) is 13.8 Å². The zero-order valence-corrected chi connectivity index (χ0v) is 11.6. The maximum absolute atomic E-state index is 12.8. The molecular weight excluding hydrogens is 261 g/mol. The Bertz CT molecular complexity index is 521. The molecule has 0 unspecified atom stereocenters. The SMILES string of the molecule is CCOC(Cn1cc(-c2ccc(F)cn2)cn1)OCC. The van der Waals surface area contributed by atoms with Gasteiger partial charge in [-0.1, -0.05) is 0 Å². The van der Waals surface area contributed by atoms with Gasteiger partial charge in [-0.2, -0.15) is 5.10 Å². The highest BCUT2D eigenvalue weighted by Gasteiger charge is 2.11. The average Bonchev–Trinajstić information content (AvgIpc) is 2.89. The summed E-state index contributed by atoms with van der Waals surface area (Å²) >= 11 is 0. The van der Waals surface area contributed by atoms with Crippen LogP contribution >= 0.6 is 0 Å². The first-order chi connectivity index (χ1) is 9.72. The van der Waals surface area contributed by atoms with Crippen LogP contribution in [0.25, 0.3) is 11.3 Å². The van der Waals surface area contributed by atoms with E-state index in [1.54, 1.807) is 16.9 Å². The van der Waals surface area contributed by atoms with E-state index in [1.807, 2.05) is 20.0 Å². The van der Waals surface area contributed by atoms with Crippen LogP contribution in [-0.2, 0) is 16.0 Å². The van der Waals surface area contributed by atoms with E-state index in [0.29, 0.717) is 25.5 Å². The second kappa shape index (κ2) is 7.12. The van der Waals surface area contributed by atoms with Gasteiger partial charge in [0.25, 0.3) is 0 Å². The molecule has 0 saturated carbocycles. The van der Waals surface area contributed by atoms with E-state index in [1.165, 1.54) is 12.3 Å². The van der Waals surface area contributed by atoms with Gasteiger partial charge in [0.2, 0.25) is 0 Å². The van der Waals surface area contributed by atoms with Crippen LogP contribution in [0.3, 0.4) is 0 Å². The molecule has 0 fully saturated rings. The first-order valence-electron chi connectivity index (χ1n) is 6.60. The van der Waals surface area contributed by atoms with Crippen molar-refractivity contribution in [1.29, 1.82) is 0 Å². The van der Waals surface area contributed by atoms with Crippen LogP contribution in [0.15, 0.2) is 30.7 Å². The largest absolute Gasteiger partial charge is 0.351 e. The van der Waals surface area contributed by atoms with Gasteiger partial charge < -0.3 is 9.47 Å². The van der Waals surface area contributed by atoms with Crippen molar-refractivity contribution in [1.82, 2.24) is 14.8 Å². The predicted octanol–water partition coefficient (Wildman–Crippen LogP) is 2.48. The van der Waals surface area contributed by atoms with Crippen LogP contribution in [0.4, 0.5) is 4.39 Å². The number of halogens is 1. The number of ether oxygens (including phenoxy) is 2. The molecule has 0 aromatic carbocycles. The van der Waals surface area contributed by atoms with Gasteiger partial charge in [-0.15, -0.1) is 0 Å². The minimum atomic E-state index is -0.353. The Hall–Kier alpha value is -1.79. The lowest BCUT2D eigenvalue weighted by Gasteiger charge is -2.16. The van der Waals surface area contributed by atoms with Gasteiger partial charge in [0, 0.05) is 25.0 Å². The van der Waals surface area contributed by atoms with E-state index < -0.39 is 0 Å². The van der Waals surface area contributed by atoms with Crippen LogP contribution < -0.4 is 0 Å². The standard InChI is InChI=1S/C14H18FN3O2/c1-3-19-14(20-4-2)10-18-9-11(7-17-18)13-6-5-12(15)8-16-13/h5-9,14H,3-4,10H2,1-2H3. The number of nitrogens with zero attached hydrogens (tertiary/aromatic N) is 3. The van der Waals surface area contributed by atoms with Gasteiger partial charge in [-0.25, -0.2) is 4.39 Å². The van der Waals surface area contributed by atoms with Crippen LogP contribution in [0, 0.1) is 5.82 Å². The molecule has 0 atom stereocenters. The highest BCUT2D eigenvalue weighted by atomic mass is 19.1. The zero-order chi connectivity index (χ0) is 14.4. The third kappa shape index (κ3) is 3.85. The molecule has 0 aliphatic rings. The van der Waals surface area contributed by atoms with E-state index in [0.717, 1.165) is 5.56 Å². The second-order valence-corrected chi connectivity index (χ2v) is 4.15. The molecule has 0 radical (unpaired) electrons. The molecule has 0 aliphatic carbocycles. The molecule has 2 heterocycles. The summed E-state index contributed by atoms with van der Waals surface area (Å²) in [5.41, 5.74) is 1.51. The Kier molecular flexibility index (Phi) is 5.20. The molecule has 2 rings (SSSR count). The third-order valence-electron chi connectivity index (χ3n) is 2.70. The molecule has 0 bridgehead atoms. The number of hydrogen-bond acceptors (Lipinski definition) is 4. The van der Waals surface area contributed by atoms with Crippen molar-refractivity contribution in [2.24, 2.45) is 0 Å². The third-order valence-corrected chi connectivity index (χ3v) is 2.70. The molecule has 20 heavy (non-hydrogen) atoms. The molecule has 0 spiro atoms. The highest BCUT2D eigenvalue weighted by Crippen LogP contribution is 2.16. The Balaban J connectivity index is 2.06. The minimum absolute atomic E-state index is 0.320. The quantitative estimate of drug-likeness (QED) is 0.731. The van der Waals surface area contributed by atoms with Crippen molar-refractivity contribution >= 4 is 0 Å². The first-order valence-corrected chi connectivity index (χ1v) is 6.60. The summed E-state index contributed by atoms with van der Waals surface area (Å²) in [4.78, 5) is 4.02. The van der Waals surface area contributed by atoms with Gasteiger partial charge in [-0.05, 0) is 26.0 Å². The minimum Gasteiger partial charge on any atom is -0.351 e. The highest BCUT2D eigenvalue weighted by molar-refractivity contribution is 5.56. The second-order valence-electron chi connectivity index (χ2n) is 4.15. The van der Waals surface area contributed by atoms with Crippen molar-refractivity contribution in [3.05, 3.63) is 36.5 Å². The fourth-order valence-electron chi connectivity index (χ4n) is 1.82. The number of pyridine rings is 1. The average molecular weight is 279 g/mol. The Morgan fingerprint density at radius 2 is 1.95 bits per heavy atom. The van der Waals surface area contributed by atoms with Gasteiger partial charge in [0.1, 0.15) is 5.82 Å².